The average molecular weight is 1360 g/mol. The molecule has 0 saturated heterocycles. The zero-order valence-electron chi connectivity index (χ0n) is 68.6. The van der Waals surface area contributed by atoms with Gasteiger partial charge in [0, 0.05) is 0 Å². The first-order valence-corrected chi connectivity index (χ1v) is 39.0. The highest BCUT2D eigenvalue weighted by Crippen LogP contribution is 2.34. The van der Waals surface area contributed by atoms with Crippen molar-refractivity contribution in [1.29, 1.82) is 0 Å². The molecule has 99 heavy (non-hydrogen) atoms. The van der Waals surface area contributed by atoms with Crippen LogP contribution in [0.25, 0.3) is 0 Å². The lowest BCUT2D eigenvalue weighted by Gasteiger charge is -2.26. The second kappa shape index (κ2) is 58.9. The van der Waals surface area contributed by atoms with Crippen LogP contribution in [0.4, 0.5) is 0 Å². The first-order valence-electron chi connectivity index (χ1n) is 39.0. The van der Waals surface area contributed by atoms with Gasteiger partial charge in [-0.25, -0.2) is 0 Å². The van der Waals surface area contributed by atoms with Crippen molar-refractivity contribution in [3.8, 4) is 0 Å². The fourth-order valence-electron chi connectivity index (χ4n) is 12.0. The number of hydrogen-bond acceptors (Lipinski definition) is 4. The Labute approximate surface area is 613 Å². The zero-order valence-corrected chi connectivity index (χ0v) is 68.6. The van der Waals surface area contributed by atoms with Crippen LogP contribution >= 0.6 is 0 Å². The predicted molar refractivity (Wildman–Crippen MR) is 442 cm³/mol. The number of allylic oxidation sites excluding steroid dienone is 36. The molecular weight excluding hydrogens is 1210 g/mol. The van der Waals surface area contributed by atoms with Crippen LogP contribution in [0.5, 0.6) is 0 Å². The molecule has 0 aromatic heterocycles. The number of esters is 2. The molecule has 0 radical (unpaired) electrons. The highest BCUT2D eigenvalue weighted by atomic mass is 16.5. The highest BCUT2D eigenvalue weighted by molar-refractivity contribution is 6.00. The Hall–Kier alpha value is -5.74. The Kier molecular flexibility index (Phi) is 55.4. The Morgan fingerprint density at radius 2 is 0.303 bits per heavy atom. The van der Waals surface area contributed by atoms with Crippen LogP contribution in [-0.2, 0) is 19.1 Å². The van der Waals surface area contributed by atoms with E-state index < -0.39 is 17.4 Å². The molecule has 0 N–H and O–H groups in total. The SMILES string of the molecule is COC(=O)C(C/C=C(/C)CC/C=C(\C)CC/C=C(\C)CC/C=C(\C)CC/C=C(\C)CC/C=C(\C)CC/C=C(\C)CC/C=C(\C)CCC=C(C)C)(C/C=C(\C)CC/C=C(\C)CC/C=C(\C)CC/C=C(\C)CC/C=C(\C)CC/C=C(\C)CC/C=C(\C)CC/C=C(\C)CCC=C(C)C)C(=O)OC. The van der Waals surface area contributed by atoms with Crippen LogP contribution in [0, 0.1) is 5.41 Å². The summed E-state index contributed by atoms with van der Waals surface area (Å²) in [5.74, 6) is -1.10. The molecule has 556 valence electrons. The van der Waals surface area contributed by atoms with E-state index in [4.69, 9.17) is 9.47 Å². The van der Waals surface area contributed by atoms with E-state index in [1.54, 1.807) is 0 Å². The van der Waals surface area contributed by atoms with Crippen molar-refractivity contribution < 1.29 is 19.1 Å². The average Bonchev–Trinajstić information content (AvgIpc) is 0.852. The third-order valence-electron chi connectivity index (χ3n) is 19.4. The van der Waals surface area contributed by atoms with Crippen LogP contribution in [0.3, 0.4) is 0 Å². The minimum atomic E-state index is -1.43. The van der Waals surface area contributed by atoms with E-state index >= 15 is 0 Å². The monoisotopic (exact) mass is 1360 g/mol. The Balaban J connectivity index is 4.88. The van der Waals surface area contributed by atoms with Gasteiger partial charge in [-0.15, -0.1) is 0 Å². The third kappa shape index (κ3) is 53.7. The van der Waals surface area contributed by atoms with Gasteiger partial charge in [-0.2, -0.15) is 0 Å². The molecule has 0 aliphatic rings. The molecule has 0 aromatic rings. The molecule has 0 heterocycles. The minimum Gasteiger partial charge on any atom is -0.468 e. The van der Waals surface area contributed by atoms with Gasteiger partial charge in [-0.1, -0.05) is 210 Å². The highest BCUT2D eigenvalue weighted by Gasteiger charge is 2.46. The van der Waals surface area contributed by atoms with Gasteiger partial charge in [0.2, 0.25) is 0 Å². The van der Waals surface area contributed by atoms with Crippen LogP contribution in [-0.4, -0.2) is 26.2 Å². The van der Waals surface area contributed by atoms with Crippen molar-refractivity contribution in [2.45, 2.75) is 357 Å². The second-order valence-electron chi connectivity index (χ2n) is 30.5. The standard InChI is InChI=1S/C95H152O4/c1-75(2)39-23-41-77(5)43-25-45-79(7)47-27-49-81(9)51-29-53-83(11)55-31-57-85(13)59-33-61-87(15)63-35-65-89(17)67-37-69-91(19)71-73-95(93(96)98-21,94(97)99-22)74-72-92(20)70-38-68-90(18)66-36-64-88(16)62-34-60-86(14)58-32-56-84(12)54-30-52-82(10)50-28-48-80(8)46-26-44-78(6)42-24-40-76(3)4/h39-40,43-44,47-48,51-52,55-56,59-60,63-64,67-68,71-72H,23-38,41-42,45-46,49-50,53-54,57-58,61-62,65-66,69-70,73-74H2,1-22H3/b77-43+,78-44+,79-47+,80-48+,81-51+,82-52+,83-55+,84-56+,85-59+,86-60+,87-63+,88-64+,89-67+,90-68+,91-71-,92-72+. The van der Waals surface area contributed by atoms with E-state index in [-0.39, 0.29) is 12.8 Å². The van der Waals surface area contributed by atoms with Crippen molar-refractivity contribution >= 4 is 11.9 Å². The van der Waals surface area contributed by atoms with E-state index in [0.29, 0.717) is 0 Å². The van der Waals surface area contributed by atoms with Crippen LogP contribution in [0.15, 0.2) is 210 Å². The molecule has 0 bridgehead atoms. The van der Waals surface area contributed by atoms with E-state index in [0.717, 1.165) is 191 Å². The summed E-state index contributed by atoms with van der Waals surface area (Å²) in [6.07, 6.45) is 78.2. The van der Waals surface area contributed by atoms with Crippen LogP contribution in [0.1, 0.15) is 357 Å². The summed E-state index contributed by atoms with van der Waals surface area (Å²) in [7, 11) is 2.72. The lowest BCUT2D eigenvalue weighted by Crippen LogP contribution is -2.40. The molecule has 0 aliphatic carbocycles. The number of carbonyl (C=O) groups excluding carboxylic acids is 2. The molecule has 0 fully saturated rings. The van der Waals surface area contributed by atoms with Gasteiger partial charge in [0.05, 0.1) is 14.2 Å². The van der Waals surface area contributed by atoms with Crippen LogP contribution < -0.4 is 0 Å². The fraction of sp³-hybridized carbons (Fsp3) is 0.600. The summed E-state index contributed by atoms with van der Waals surface area (Å²) in [5.41, 5.74) is 24.5. The molecule has 0 spiro atoms. The molecule has 0 aromatic carbocycles. The summed E-state index contributed by atoms with van der Waals surface area (Å²) in [6, 6.07) is 0. The summed E-state index contributed by atoms with van der Waals surface area (Å²) in [5, 5.41) is 0. The third-order valence-corrected chi connectivity index (χ3v) is 19.4. The number of methoxy groups -OCH3 is 2. The summed E-state index contributed by atoms with van der Waals surface area (Å²) in [4.78, 5) is 26.9. The van der Waals surface area contributed by atoms with Gasteiger partial charge in [0.25, 0.3) is 0 Å². The molecular formula is C95H152O4. The van der Waals surface area contributed by atoms with Crippen molar-refractivity contribution in [1.82, 2.24) is 0 Å². The van der Waals surface area contributed by atoms with Crippen molar-refractivity contribution in [3.63, 3.8) is 0 Å². The first-order chi connectivity index (χ1) is 47.1. The number of carbonyl (C=O) groups is 2. The second-order valence-corrected chi connectivity index (χ2v) is 30.5. The van der Waals surface area contributed by atoms with E-state index in [9.17, 15) is 9.59 Å². The number of ether oxygens (including phenoxy) is 2. The maximum absolute atomic E-state index is 13.5. The molecule has 0 rings (SSSR count). The fourth-order valence-corrected chi connectivity index (χ4v) is 12.0. The van der Waals surface area contributed by atoms with Gasteiger partial charge >= 0.3 is 11.9 Å². The quantitative estimate of drug-likeness (QED) is 0.0346. The Bertz CT molecular complexity index is 2720. The van der Waals surface area contributed by atoms with Gasteiger partial charge in [0.15, 0.2) is 5.41 Å². The normalized spacial score (nSPS) is 14.8. The molecule has 4 nitrogen and oxygen atoms in total. The van der Waals surface area contributed by atoms with Gasteiger partial charge in [-0.3, -0.25) is 9.59 Å². The maximum atomic E-state index is 13.5. The largest absolute Gasteiger partial charge is 0.468 e. The Morgan fingerprint density at radius 1 is 0.192 bits per heavy atom. The van der Waals surface area contributed by atoms with Crippen molar-refractivity contribution in [3.05, 3.63) is 210 Å². The van der Waals surface area contributed by atoms with E-state index in [1.807, 2.05) is 12.2 Å². The molecule has 0 atom stereocenters. The zero-order chi connectivity index (χ0) is 74.2. The molecule has 0 unspecified atom stereocenters. The summed E-state index contributed by atoms with van der Waals surface area (Å²) < 4.78 is 10.6. The number of rotatable bonds is 54. The molecule has 0 saturated carbocycles. The molecule has 4 heteroatoms. The lowest BCUT2D eigenvalue weighted by atomic mass is 9.79. The summed E-state index contributed by atoms with van der Waals surface area (Å²) >= 11 is 0. The van der Waals surface area contributed by atoms with Crippen molar-refractivity contribution in [2.75, 3.05) is 14.2 Å². The summed E-state index contributed by atoms with van der Waals surface area (Å²) in [6.45, 7) is 44.8. The van der Waals surface area contributed by atoms with E-state index in [1.165, 1.54) is 129 Å². The maximum Gasteiger partial charge on any atom is 0.323 e. The van der Waals surface area contributed by atoms with Gasteiger partial charge in [0.1, 0.15) is 0 Å². The smallest absolute Gasteiger partial charge is 0.323 e. The first kappa shape index (κ1) is 93.3. The van der Waals surface area contributed by atoms with Gasteiger partial charge < -0.3 is 9.47 Å². The van der Waals surface area contributed by atoms with E-state index in [2.05, 4.69) is 236 Å². The van der Waals surface area contributed by atoms with Gasteiger partial charge in [-0.05, 0) is 357 Å². The topological polar surface area (TPSA) is 52.6 Å². The predicted octanol–water partition coefficient (Wildman–Crippen LogP) is 30.7. The number of hydrogen-bond donors (Lipinski definition) is 0. The Morgan fingerprint density at radius 3 is 0.414 bits per heavy atom. The minimum absolute atomic E-state index is 0.237. The van der Waals surface area contributed by atoms with Crippen molar-refractivity contribution in [2.24, 2.45) is 5.41 Å². The lowest BCUT2D eigenvalue weighted by molar-refractivity contribution is -0.168. The van der Waals surface area contributed by atoms with Crippen LogP contribution in [0.2, 0.25) is 0 Å². The molecule has 0 aliphatic heterocycles. The molecule has 0 amide bonds.